The van der Waals surface area contributed by atoms with Crippen LogP contribution in [0.25, 0.3) is 0 Å². The summed E-state index contributed by atoms with van der Waals surface area (Å²) in [5.74, 6) is -1.41. The van der Waals surface area contributed by atoms with E-state index < -0.39 is 32.2 Å². The second-order valence-electron chi connectivity index (χ2n) is 5.97. The molecule has 2 aromatic carbocycles. The van der Waals surface area contributed by atoms with Crippen molar-refractivity contribution in [1.29, 1.82) is 5.26 Å². The number of hydrogen-bond acceptors (Lipinski definition) is 4. The van der Waals surface area contributed by atoms with Crippen LogP contribution in [0.1, 0.15) is 17.0 Å². The lowest BCUT2D eigenvalue weighted by Gasteiger charge is -2.05. The van der Waals surface area contributed by atoms with Crippen LogP contribution in [0.3, 0.4) is 0 Å². The molecule has 0 aromatic heterocycles. The molecule has 1 aliphatic rings. The fourth-order valence-corrected chi connectivity index (χ4v) is 5.37. The van der Waals surface area contributed by atoms with E-state index in [0.717, 1.165) is 5.56 Å². The van der Waals surface area contributed by atoms with Crippen LogP contribution in [-0.2, 0) is 14.6 Å². The number of aldehydes is 1. The molecular formula is C18H14FNO3S. The lowest BCUT2D eigenvalue weighted by Crippen LogP contribution is -2.16. The van der Waals surface area contributed by atoms with Crippen molar-refractivity contribution in [2.75, 3.05) is 0 Å². The van der Waals surface area contributed by atoms with E-state index >= 15 is 0 Å². The van der Waals surface area contributed by atoms with Crippen molar-refractivity contribution >= 4 is 16.1 Å². The van der Waals surface area contributed by atoms with E-state index in [9.17, 15) is 22.9 Å². The summed E-state index contributed by atoms with van der Waals surface area (Å²) in [5, 5.41) is 8.23. The number of carbonyl (C=O) groups excluding carboxylic acids is 1. The van der Waals surface area contributed by atoms with Crippen molar-refractivity contribution in [3.63, 3.8) is 0 Å². The van der Waals surface area contributed by atoms with Crippen LogP contribution >= 0.6 is 0 Å². The van der Waals surface area contributed by atoms with Gasteiger partial charge in [-0.1, -0.05) is 29.8 Å². The minimum atomic E-state index is -3.90. The Morgan fingerprint density at radius 2 is 1.88 bits per heavy atom. The van der Waals surface area contributed by atoms with Crippen molar-refractivity contribution in [2.24, 2.45) is 5.41 Å². The lowest BCUT2D eigenvalue weighted by atomic mass is 10.0. The monoisotopic (exact) mass is 343 g/mol. The van der Waals surface area contributed by atoms with E-state index in [2.05, 4.69) is 0 Å². The van der Waals surface area contributed by atoms with Crippen molar-refractivity contribution < 1.29 is 17.6 Å². The van der Waals surface area contributed by atoms with E-state index in [1.807, 2.05) is 13.0 Å². The van der Waals surface area contributed by atoms with Gasteiger partial charge in [-0.3, -0.25) is 0 Å². The number of sulfone groups is 1. The fourth-order valence-electron chi connectivity index (χ4n) is 3.14. The van der Waals surface area contributed by atoms with Gasteiger partial charge >= 0.3 is 0 Å². The second-order valence-corrected chi connectivity index (χ2v) is 8.04. The maximum absolute atomic E-state index is 13.5. The summed E-state index contributed by atoms with van der Waals surface area (Å²) in [5.41, 5.74) is -0.449. The van der Waals surface area contributed by atoms with Crippen molar-refractivity contribution in [1.82, 2.24) is 0 Å². The molecule has 0 saturated heterocycles. The van der Waals surface area contributed by atoms with Gasteiger partial charge in [-0.25, -0.2) is 12.8 Å². The molecule has 2 aromatic rings. The van der Waals surface area contributed by atoms with Crippen LogP contribution in [0.2, 0.25) is 0 Å². The van der Waals surface area contributed by atoms with Gasteiger partial charge in [-0.05, 0) is 36.8 Å². The van der Waals surface area contributed by atoms with Crippen molar-refractivity contribution in [2.45, 2.75) is 23.0 Å². The molecule has 122 valence electrons. The Labute approximate surface area is 139 Å². The first-order valence-corrected chi connectivity index (χ1v) is 8.85. The van der Waals surface area contributed by atoms with Gasteiger partial charge in [0, 0.05) is 5.92 Å². The lowest BCUT2D eigenvalue weighted by molar-refractivity contribution is -0.110. The van der Waals surface area contributed by atoms with E-state index in [4.69, 9.17) is 0 Å². The van der Waals surface area contributed by atoms with Crippen LogP contribution in [0, 0.1) is 29.5 Å². The highest BCUT2D eigenvalue weighted by Gasteiger charge is 2.72. The summed E-state index contributed by atoms with van der Waals surface area (Å²) >= 11 is 0. The summed E-state index contributed by atoms with van der Waals surface area (Å²) in [7, 11) is -3.90. The van der Waals surface area contributed by atoms with Gasteiger partial charge in [-0.15, -0.1) is 0 Å². The molecule has 0 amide bonds. The molecule has 0 unspecified atom stereocenters. The van der Waals surface area contributed by atoms with Crippen LogP contribution in [-0.4, -0.2) is 20.0 Å². The molecule has 0 aliphatic heterocycles. The Balaban J connectivity index is 2.10. The molecule has 1 aliphatic carbocycles. The van der Waals surface area contributed by atoms with Gasteiger partial charge in [0.1, 0.15) is 22.8 Å². The first-order chi connectivity index (χ1) is 11.4. The normalized spacial score (nSPS) is 25.7. The second kappa shape index (κ2) is 5.53. The summed E-state index contributed by atoms with van der Waals surface area (Å²) in [6.45, 7) is 1.83. The third-order valence-corrected chi connectivity index (χ3v) is 6.72. The van der Waals surface area contributed by atoms with Gasteiger partial charge in [0.05, 0.1) is 11.0 Å². The summed E-state index contributed by atoms with van der Waals surface area (Å²) < 4.78 is 39.3. The number of benzene rings is 2. The van der Waals surface area contributed by atoms with E-state index in [0.29, 0.717) is 11.8 Å². The highest BCUT2D eigenvalue weighted by Crippen LogP contribution is 2.62. The summed E-state index contributed by atoms with van der Waals surface area (Å²) in [6, 6.07) is 13.4. The molecule has 3 rings (SSSR count). The molecule has 6 heteroatoms. The SMILES string of the molecule is Cc1ccc(S(=O)(=O)[C@@H]2[C@@H](c3cccc(F)c3)[C@]2(C#N)C=O)cc1. The molecule has 0 spiro atoms. The largest absolute Gasteiger partial charge is 0.302 e. The fraction of sp³-hybridized carbons (Fsp3) is 0.222. The average molecular weight is 343 g/mol. The quantitative estimate of drug-likeness (QED) is 0.800. The van der Waals surface area contributed by atoms with Gasteiger partial charge in [0.25, 0.3) is 0 Å². The van der Waals surface area contributed by atoms with E-state index in [-0.39, 0.29) is 4.90 Å². The van der Waals surface area contributed by atoms with E-state index in [1.54, 1.807) is 12.1 Å². The maximum atomic E-state index is 13.5. The molecule has 0 bridgehead atoms. The predicted molar refractivity (Wildman–Crippen MR) is 85.4 cm³/mol. The summed E-state index contributed by atoms with van der Waals surface area (Å²) in [6.07, 6.45) is 0.374. The van der Waals surface area contributed by atoms with Gasteiger partial charge in [-0.2, -0.15) is 5.26 Å². The van der Waals surface area contributed by atoms with Gasteiger partial charge in [0.15, 0.2) is 9.84 Å². The van der Waals surface area contributed by atoms with Crippen LogP contribution in [0.15, 0.2) is 53.4 Å². The number of aryl methyl sites for hydroxylation is 1. The smallest absolute Gasteiger partial charge is 0.183 e. The number of halogens is 1. The highest BCUT2D eigenvalue weighted by molar-refractivity contribution is 7.92. The molecule has 24 heavy (non-hydrogen) atoms. The zero-order valence-corrected chi connectivity index (χ0v) is 13.6. The Kier molecular flexibility index (Phi) is 3.77. The minimum Gasteiger partial charge on any atom is -0.302 e. The van der Waals surface area contributed by atoms with E-state index in [1.165, 1.54) is 36.4 Å². The Hall–Kier alpha value is -2.52. The molecule has 0 N–H and O–H groups in total. The van der Waals surface area contributed by atoms with Crippen LogP contribution < -0.4 is 0 Å². The maximum Gasteiger partial charge on any atom is 0.183 e. The third kappa shape index (κ3) is 2.33. The molecule has 4 nitrogen and oxygen atoms in total. The molecule has 1 fully saturated rings. The number of rotatable bonds is 4. The summed E-state index contributed by atoms with van der Waals surface area (Å²) in [4.78, 5) is 11.6. The average Bonchev–Trinajstić information content (AvgIpc) is 3.26. The molecule has 3 atom stereocenters. The number of nitriles is 1. The standard InChI is InChI=1S/C18H14FNO3S/c1-12-5-7-15(8-6-12)24(22,23)17-16(18(17,10-20)11-21)13-3-2-4-14(19)9-13/h2-9,11,16-17H,1H3/t16-,17-,18+/m1/s1. The molecule has 0 heterocycles. The van der Waals surface area contributed by atoms with Crippen LogP contribution in [0.4, 0.5) is 4.39 Å². The van der Waals surface area contributed by atoms with Gasteiger partial charge < -0.3 is 4.79 Å². The molecule has 0 radical (unpaired) electrons. The number of carbonyl (C=O) groups is 1. The Morgan fingerprint density at radius 1 is 1.21 bits per heavy atom. The third-order valence-electron chi connectivity index (χ3n) is 4.46. The Morgan fingerprint density at radius 3 is 2.42 bits per heavy atom. The topological polar surface area (TPSA) is 75.0 Å². The zero-order valence-electron chi connectivity index (χ0n) is 12.8. The predicted octanol–water partition coefficient (Wildman–Crippen LogP) is 2.78. The minimum absolute atomic E-state index is 0.0541. The molecular weight excluding hydrogens is 329 g/mol. The zero-order chi connectivity index (χ0) is 17.5. The first-order valence-electron chi connectivity index (χ1n) is 7.30. The highest BCUT2D eigenvalue weighted by atomic mass is 32.2. The van der Waals surface area contributed by atoms with Crippen LogP contribution in [0.5, 0.6) is 0 Å². The van der Waals surface area contributed by atoms with Crippen molar-refractivity contribution in [3.8, 4) is 6.07 Å². The van der Waals surface area contributed by atoms with Gasteiger partial charge in [0.2, 0.25) is 0 Å². The molecule has 1 saturated carbocycles. The van der Waals surface area contributed by atoms with Crippen molar-refractivity contribution in [3.05, 3.63) is 65.5 Å². The number of hydrogen-bond donors (Lipinski definition) is 0. The first kappa shape index (κ1) is 16.3. The Bertz CT molecular complexity index is 947. The number of nitrogens with zero attached hydrogens (tertiary/aromatic N) is 1.